The van der Waals surface area contributed by atoms with Gasteiger partial charge in [-0.2, -0.15) is 5.26 Å². The van der Waals surface area contributed by atoms with Crippen LogP contribution in [0.2, 0.25) is 0 Å². The van der Waals surface area contributed by atoms with Crippen molar-refractivity contribution in [1.29, 1.82) is 5.26 Å². The van der Waals surface area contributed by atoms with Crippen molar-refractivity contribution in [2.45, 2.75) is 0 Å². The topological polar surface area (TPSA) is 36.7 Å². The van der Waals surface area contributed by atoms with Crippen molar-refractivity contribution in [1.82, 2.24) is 4.98 Å². The van der Waals surface area contributed by atoms with Crippen LogP contribution in [0.4, 0.5) is 0 Å². The quantitative estimate of drug-likeness (QED) is 0.787. The smallest absolute Gasteiger partial charge is 0.141 e. The first-order chi connectivity index (χ1) is 7.29. The summed E-state index contributed by atoms with van der Waals surface area (Å²) in [5, 5.41) is 8.74. The minimum absolute atomic E-state index is 0.437. The third-order valence-electron chi connectivity index (χ3n) is 2.03. The number of nitrogens with zero attached hydrogens (tertiary/aromatic N) is 2. The normalized spacial score (nSPS) is 9.60. The SMILES string of the molecule is N#Cc1cc(-c2cccc(Br)c2)ccn1. The molecule has 0 saturated carbocycles. The van der Waals surface area contributed by atoms with Crippen LogP contribution < -0.4 is 0 Å². The van der Waals surface area contributed by atoms with Crippen LogP contribution in [0.25, 0.3) is 11.1 Å². The molecule has 0 aliphatic carbocycles. The Morgan fingerprint density at radius 1 is 1.13 bits per heavy atom. The molecule has 0 fully saturated rings. The number of halogens is 1. The molecule has 1 aromatic carbocycles. The van der Waals surface area contributed by atoms with Crippen molar-refractivity contribution in [2.75, 3.05) is 0 Å². The molecule has 0 N–H and O–H groups in total. The third kappa shape index (κ3) is 2.23. The molecule has 0 bridgehead atoms. The molecule has 0 spiro atoms. The van der Waals surface area contributed by atoms with Crippen LogP contribution >= 0.6 is 15.9 Å². The fourth-order valence-electron chi connectivity index (χ4n) is 1.34. The lowest BCUT2D eigenvalue weighted by molar-refractivity contribution is 1.26. The second kappa shape index (κ2) is 4.24. The van der Waals surface area contributed by atoms with E-state index in [9.17, 15) is 0 Å². The van der Waals surface area contributed by atoms with Crippen molar-refractivity contribution in [3.63, 3.8) is 0 Å². The zero-order chi connectivity index (χ0) is 10.7. The monoisotopic (exact) mass is 258 g/mol. The Morgan fingerprint density at radius 2 is 1.93 bits per heavy atom. The van der Waals surface area contributed by atoms with E-state index in [1.807, 2.05) is 36.4 Å². The highest BCUT2D eigenvalue weighted by molar-refractivity contribution is 9.10. The molecule has 72 valence electrons. The molecular weight excluding hydrogens is 252 g/mol. The van der Waals surface area contributed by atoms with E-state index >= 15 is 0 Å². The standard InChI is InChI=1S/C12H7BrN2/c13-11-3-1-2-9(6-11)10-4-5-15-12(7-10)8-14/h1-7H. The molecule has 0 radical (unpaired) electrons. The molecule has 2 aromatic rings. The van der Waals surface area contributed by atoms with E-state index in [0.717, 1.165) is 15.6 Å². The molecule has 3 heteroatoms. The van der Waals surface area contributed by atoms with Gasteiger partial charge in [0.1, 0.15) is 11.8 Å². The van der Waals surface area contributed by atoms with Gasteiger partial charge in [0.15, 0.2) is 0 Å². The fourth-order valence-corrected chi connectivity index (χ4v) is 1.74. The molecule has 2 rings (SSSR count). The first-order valence-corrected chi connectivity index (χ1v) is 5.21. The summed E-state index contributed by atoms with van der Waals surface area (Å²) >= 11 is 3.41. The summed E-state index contributed by atoms with van der Waals surface area (Å²) < 4.78 is 1.02. The van der Waals surface area contributed by atoms with E-state index in [1.165, 1.54) is 0 Å². The molecule has 2 nitrogen and oxygen atoms in total. The van der Waals surface area contributed by atoms with Crippen LogP contribution in [0.5, 0.6) is 0 Å². The Balaban J connectivity index is 2.50. The van der Waals surface area contributed by atoms with Gasteiger partial charge in [0.2, 0.25) is 0 Å². The average Bonchev–Trinajstić information content (AvgIpc) is 2.29. The molecule has 1 heterocycles. The van der Waals surface area contributed by atoms with Crippen molar-refractivity contribution < 1.29 is 0 Å². The van der Waals surface area contributed by atoms with E-state index in [0.29, 0.717) is 5.69 Å². The van der Waals surface area contributed by atoms with Gasteiger partial charge in [0, 0.05) is 10.7 Å². The summed E-state index contributed by atoms with van der Waals surface area (Å²) in [5.74, 6) is 0. The first-order valence-electron chi connectivity index (χ1n) is 4.42. The molecule has 0 saturated heterocycles. The third-order valence-corrected chi connectivity index (χ3v) is 2.53. The van der Waals surface area contributed by atoms with Crippen molar-refractivity contribution in [3.05, 3.63) is 52.8 Å². The average molecular weight is 259 g/mol. The minimum atomic E-state index is 0.437. The van der Waals surface area contributed by atoms with E-state index in [-0.39, 0.29) is 0 Å². The number of pyridine rings is 1. The highest BCUT2D eigenvalue weighted by Gasteiger charge is 1.99. The van der Waals surface area contributed by atoms with Gasteiger partial charge in [-0.25, -0.2) is 4.98 Å². The number of aromatic nitrogens is 1. The summed E-state index contributed by atoms with van der Waals surface area (Å²) in [6.07, 6.45) is 1.65. The summed E-state index contributed by atoms with van der Waals surface area (Å²) in [5.41, 5.74) is 2.51. The van der Waals surface area contributed by atoms with E-state index in [1.54, 1.807) is 12.3 Å². The van der Waals surface area contributed by atoms with Gasteiger partial charge in [-0.05, 0) is 35.4 Å². The van der Waals surface area contributed by atoms with Gasteiger partial charge in [0.25, 0.3) is 0 Å². The van der Waals surface area contributed by atoms with Gasteiger partial charge in [-0.1, -0.05) is 28.1 Å². The molecule has 0 aliphatic heterocycles. The highest BCUT2D eigenvalue weighted by Crippen LogP contribution is 2.22. The Kier molecular flexibility index (Phi) is 2.79. The van der Waals surface area contributed by atoms with Crippen LogP contribution in [-0.4, -0.2) is 4.98 Å². The molecule has 0 atom stereocenters. The maximum absolute atomic E-state index is 8.74. The lowest BCUT2D eigenvalue weighted by Crippen LogP contribution is -1.83. The van der Waals surface area contributed by atoms with Gasteiger partial charge >= 0.3 is 0 Å². The fraction of sp³-hybridized carbons (Fsp3) is 0. The molecule has 1 aromatic heterocycles. The largest absolute Gasteiger partial charge is 0.246 e. The van der Waals surface area contributed by atoms with Gasteiger partial charge in [-0.3, -0.25) is 0 Å². The van der Waals surface area contributed by atoms with Gasteiger partial charge < -0.3 is 0 Å². The molecule has 0 amide bonds. The lowest BCUT2D eigenvalue weighted by atomic mass is 10.1. The number of hydrogen-bond acceptors (Lipinski definition) is 2. The van der Waals surface area contributed by atoms with E-state index in [2.05, 4.69) is 20.9 Å². The minimum Gasteiger partial charge on any atom is -0.246 e. The number of rotatable bonds is 1. The molecular formula is C12H7BrN2. The zero-order valence-electron chi connectivity index (χ0n) is 7.81. The van der Waals surface area contributed by atoms with Crippen LogP contribution in [0.1, 0.15) is 5.69 Å². The molecule has 0 aliphatic rings. The number of nitriles is 1. The van der Waals surface area contributed by atoms with Crippen LogP contribution in [0, 0.1) is 11.3 Å². The summed E-state index contributed by atoms with van der Waals surface area (Å²) in [4.78, 5) is 3.93. The predicted octanol–water partition coefficient (Wildman–Crippen LogP) is 3.38. The van der Waals surface area contributed by atoms with Crippen LogP contribution in [-0.2, 0) is 0 Å². The highest BCUT2D eigenvalue weighted by atomic mass is 79.9. The number of hydrogen-bond donors (Lipinski definition) is 0. The summed E-state index contributed by atoms with van der Waals surface area (Å²) in [7, 11) is 0. The summed E-state index contributed by atoms with van der Waals surface area (Å²) in [6, 6.07) is 13.6. The Bertz CT molecular complexity index is 529. The Morgan fingerprint density at radius 3 is 2.67 bits per heavy atom. The second-order valence-electron chi connectivity index (χ2n) is 3.05. The maximum atomic E-state index is 8.74. The predicted molar refractivity (Wildman–Crippen MR) is 62.1 cm³/mol. The van der Waals surface area contributed by atoms with Crippen LogP contribution in [0.3, 0.4) is 0 Å². The Labute approximate surface area is 96.3 Å². The molecule has 0 unspecified atom stereocenters. The Hall–Kier alpha value is -1.66. The van der Waals surface area contributed by atoms with E-state index < -0.39 is 0 Å². The summed E-state index contributed by atoms with van der Waals surface area (Å²) in [6.45, 7) is 0. The van der Waals surface area contributed by atoms with Crippen molar-refractivity contribution in [2.24, 2.45) is 0 Å². The first kappa shape index (κ1) is 9.88. The van der Waals surface area contributed by atoms with E-state index in [4.69, 9.17) is 5.26 Å². The maximum Gasteiger partial charge on any atom is 0.141 e. The van der Waals surface area contributed by atoms with Gasteiger partial charge in [0.05, 0.1) is 0 Å². The second-order valence-corrected chi connectivity index (χ2v) is 3.97. The van der Waals surface area contributed by atoms with Crippen molar-refractivity contribution >= 4 is 15.9 Å². The molecule has 15 heavy (non-hydrogen) atoms. The van der Waals surface area contributed by atoms with Gasteiger partial charge in [-0.15, -0.1) is 0 Å². The number of benzene rings is 1. The zero-order valence-corrected chi connectivity index (χ0v) is 9.40. The van der Waals surface area contributed by atoms with Crippen molar-refractivity contribution in [3.8, 4) is 17.2 Å². The lowest BCUT2D eigenvalue weighted by Gasteiger charge is -2.01. The van der Waals surface area contributed by atoms with Crippen LogP contribution in [0.15, 0.2) is 47.1 Å².